The summed E-state index contributed by atoms with van der Waals surface area (Å²) in [5.74, 6) is 0. The SMILES string of the molecule is c1ccc(-n2c3ccccc3c3cc(-c4ccc(-n5c6ccccc6c6cc7c8ccccc8n(-c8ccccc8)c7cc65)cc4)ccc32)cc1.c1ccc(-n2c3ccccc3c3cc(-n4c5ccccc5c5cc6c7ccccc7n(-c7ccccc7)c6cc54)ccc32)cc1.c1ccc(-n2c3ccccc3c3cc4c5ccccc5n(-c5ccc(-n6c7ccccc7c7ccccc76)cc5)c4cc32)cc1. The number of para-hydroxylation sites is 15. The van der Waals surface area contributed by atoms with Crippen LogP contribution in [0, 0.1) is 0 Å². The second-order valence-electron chi connectivity index (χ2n) is 37.0. The molecule has 0 aliphatic heterocycles. The highest BCUT2D eigenvalue weighted by atomic mass is 15.1. The molecule has 0 spiro atoms. The molecule has 0 N–H and O–H groups in total. The molecule has 0 aliphatic rings. The molecule has 0 bridgehead atoms. The zero-order valence-corrected chi connectivity index (χ0v) is 76.6. The van der Waals surface area contributed by atoms with Gasteiger partial charge in [-0.05, 0) is 236 Å². The Morgan fingerprint density at radius 3 is 0.468 bits per heavy atom. The molecule has 658 valence electrons. The molecule has 0 unspecified atom stereocenters. The number of hydrogen-bond donors (Lipinski definition) is 0. The van der Waals surface area contributed by atoms with Crippen molar-refractivity contribution in [3.8, 4) is 62.3 Å². The summed E-state index contributed by atoms with van der Waals surface area (Å²) in [5, 5.41) is 22.8. The molecule has 9 aromatic heterocycles. The van der Waals surface area contributed by atoms with Crippen molar-refractivity contribution in [1.29, 1.82) is 0 Å². The van der Waals surface area contributed by atoms with Gasteiger partial charge in [0.15, 0.2) is 0 Å². The standard InChI is InChI=1S/C48H31N3.2C42H27N3/c1-3-13-34(14-4-1)49-43-20-10-7-17-37(43)40-29-33(25-28-46(40)49)32-23-26-36(27-24-32)51-45-22-12-9-19-39(45)42-30-41-38-18-8-11-21-44(38)50(47(41)31-48(42)51)35-15-5-2-6-16-35;1-3-13-28(14-4-1)43-37-20-10-7-17-31(37)34-25-30(23-24-40(34)43)45-39-22-12-9-19-33(39)36-26-35-32-18-8-11-21-38(32)44(41(35)27-42(36)45)29-15-5-2-6-16-29;1-2-12-28(13-3-1)44-39-20-10-6-16-33(39)35-26-36-34-17-7-11-21-40(34)45(42(36)27-41(35)44)30-24-22-29(23-25-30)43-37-18-8-4-14-31(37)32-15-5-9-19-38(32)43/h1-31H;2*1-27H. The first-order valence-electron chi connectivity index (χ1n) is 48.4. The van der Waals surface area contributed by atoms with Crippen molar-refractivity contribution < 1.29 is 0 Å². The highest BCUT2D eigenvalue weighted by molar-refractivity contribution is 6.24. The number of hydrogen-bond acceptors (Lipinski definition) is 0. The van der Waals surface area contributed by atoms with Gasteiger partial charge in [-0.15, -0.1) is 0 Å². The van der Waals surface area contributed by atoms with Gasteiger partial charge in [0.2, 0.25) is 0 Å². The van der Waals surface area contributed by atoms with Crippen molar-refractivity contribution in [1.82, 2.24) is 41.1 Å². The number of benzene rings is 22. The number of aromatic nitrogens is 9. The molecule has 0 atom stereocenters. The van der Waals surface area contributed by atoms with Crippen LogP contribution in [-0.2, 0) is 0 Å². The normalized spacial score (nSPS) is 12.0. The van der Waals surface area contributed by atoms with Gasteiger partial charge < -0.3 is 41.1 Å². The molecule has 0 radical (unpaired) electrons. The topological polar surface area (TPSA) is 44.4 Å². The maximum Gasteiger partial charge on any atom is 0.0562 e. The minimum atomic E-state index is 1.15. The summed E-state index contributed by atoms with van der Waals surface area (Å²) in [5.41, 5.74) is 34.7. The molecule has 0 saturated carbocycles. The van der Waals surface area contributed by atoms with Crippen molar-refractivity contribution in [2.24, 2.45) is 0 Å². The molecule has 141 heavy (non-hydrogen) atoms. The van der Waals surface area contributed by atoms with Crippen LogP contribution in [0.25, 0.3) is 259 Å². The van der Waals surface area contributed by atoms with E-state index in [2.05, 4.69) is 557 Å². The van der Waals surface area contributed by atoms with E-state index in [0.717, 1.165) is 22.7 Å². The fourth-order valence-corrected chi connectivity index (χ4v) is 23.4. The van der Waals surface area contributed by atoms with Gasteiger partial charge in [0.1, 0.15) is 0 Å². The largest absolute Gasteiger partial charge is 0.309 e. The molecular formula is C132H85N9. The van der Waals surface area contributed by atoms with E-state index < -0.39 is 0 Å². The highest BCUT2D eigenvalue weighted by Crippen LogP contribution is 2.47. The second kappa shape index (κ2) is 31.8. The lowest BCUT2D eigenvalue weighted by atomic mass is 10.0. The van der Waals surface area contributed by atoms with Crippen LogP contribution in [-0.4, -0.2) is 41.1 Å². The zero-order valence-electron chi connectivity index (χ0n) is 76.6. The summed E-state index contributed by atoms with van der Waals surface area (Å²) in [6.45, 7) is 0. The zero-order chi connectivity index (χ0) is 92.4. The molecule has 0 saturated heterocycles. The third-order valence-corrected chi connectivity index (χ3v) is 29.5. The minimum absolute atomic E-state index is 1.15. The van der Waals surface area contributed by atoms with E-state index in [1.807, 2.05) is 0 Å². The Morgan fingerprint density at radius 1 is 0.0780 bits per heavy atom. The van der Waals surface area contributed by atoms with E-state index in [1.54, 1.807) is 0 Å². The van der Waals surface area contributed by atoms with Gasteiger partial charge >= 0.3 is 0 Å². The lowest BCUT2D eigenvalue weighted by Gasteiger charge is -2.12. The maximum absolute atomic E-state index is 2.45. The number of fused-ring (bicyclic) bond motifs is 27. The lowest BCUT2D eigenvalue weighted by molar-refractivity contribution is 1.14. The van der Waals surface area contributed by atoms with Crippen LogP contribution < -0.4 is 0 Å². The maximum atomic E-state index is 2.45. The van der Waals surface area contributed by atoms with Crippen molar-refractivity contribution >= 4 is 196 Å². The molecule has 0 fully saturated rings. The molecule has 31 rings (SSSR count). The van der Waals surface area contributed by atoms with Crippen molar-refractivity contribution in [2.45, 2.75) is 0 Å². The average Bonchev–Trinajstić information content (AvgIpc) is 1.55. The predicted octanol–water partition coefficient (Wildman–Crippen LogP) is 34.6. The van der Waals surface area contributed by atoms with Gasteiger partial charge in [-0.3, -0.25) is 0 Å². The fraction of sp³-hybridized carbons (Fsp3) is 0. The van der Waals surface area contributed by atoms with Gasteiger partial charge in [0.25, 0.3) is 0 Å². The Balaban J connectivity index is 0.000000102. The van der Waals surface area contributed by atoms with Crippen molar-refractivity contribution in [3.63, 3.8) is 0 Å². The molecule has 9 heterocycles. The molecule has 31 aromatic rings. The minimum Gasteiger partial charge on any atom is -0.309 e. The van der Waals surface area contributed by atoms with Crippen LogP contribution >= 0.6 is 0 Å². The monoisotopic (exact) mass is 1800 g/mol. The van der Waals surface area contributed by atoms with Crippen LogP contribution in [0.15, 0.2) is 516 Å². The van der Waals surface area contributed by atoms with Crippen molar-refractivity contribution in [2.75, 3.05) is 0 Å². The fourth-order valence-electron chi connectivity index (χ4n) is 23.4. The number of rotatable bonds is 10. The third-order valence-electron chi connectivity index (χ3n) is 29.5. The summed E-state index contributed by atoms with van der Waals surface area (Å²) >= 11 is 0. The van der Waals surface area contributed by atoms with Gasteiger partial charge in [-0.25, -0.2) is 0 Å². The van der Waals surface area contributed by atoms with Gasteiger partial charge in [-0.1, -0.05) is 291 Å². The smallest absolute Gasteiger partial charge is 0.0562 e. The van der Waals surface area contributed by atoms with E-state index >= 15 is 0 Å². The van der Waals surface area contributed by atoms with Gasteiger partial charge in [0.05, 0.1) is 99.3 Å². The Bertz CT molecular complexity index is 10400. The predicted molar refractivity (Wildman–Crippen MR) is 594 cm³/mol. The molecule has 22 aromatic carbocycles. The van der Waals surface area contributed by atoms with E-state index in [4.69, 9.17) is 0 Å². The Kier molecular flexibility index (Phi) is 17.9. The summed E-state index contributed by atoms with van der Waals surface area (Å²) < 4.78 is 21.6. The van der Waals surface area contributed by atoms with E-state index in [1.165, 1.54) is 236 Å². The Labute approximate surface area is 809 Å². The van der Waals surface area contributed by atoms with Crippen LogP contribution in [0.4, 0.5) is 0 Å². The van der Waals surface area contributed by atoms with Crippen molar-refractivity contribution in [3.05, 3.63) is 516 Å². The summed E-state index contributed by atoms with van der Waals surface area (Å²) in [6.07, 6.45) is 0. The third kappa shape index (κ3) is 12.3. The average molecular weight is 1800 g/mol. The lowest BCUT2D eigenvalue weighted by Crippen LogP contribution is -1.97. The van der Waals surface area contributed by atoms with Gasteiger partial charge in [-0.2, -0.15) is 0 Å². The molecule has 9 heteroatoms. The summed E-state index contributed by atoms with van der Waals surface area (Å²) in [7, 11) is 0. The number of nitrogens with zero attached hydrogens (tertiary/aromatic N) is 9. The van der Waals surface area contributed by atoms with Crippen LogP contribution in [0.3, 0.4) is 0 Å². The summed E-state index contributed by atoms with van der Waals surface area (Å²) in [6, 6.07) is 187. The summed E-state index contributed by atoms with van der Waals surface area (Å²) in [4.78, 5) is 0. The first kappa shape index (κ1) is 79.4. The van der Waals surface area contributed by atoms with E-state index in [-0.39, 0.29) is 0 Å². The van der Waals surface area contributed by atoms with Gasteiger partial charge in [0, 0.05) is 148 Å². The first-order valence-corrected chi connectivity index (χ1v) is 48.4. The van der Waals surface area contributed by atoms with Crippen LogP contribution in [0.5, 0.6) is 0 Å². The second-order valence-corrected chi connectivity index (χ2v) is 37.0. The molecule has 9 nitrogen and oxygen atoms in total. The Hall–Kier alpha value is -19.0. The van der Waals surface area contributed by atoms with E-state index in [9.17, 15) is 0 Å². The van der Waals surface area contributed by atoms with Crippen LogP contribution in [0.1, 0.15) is 0 Å². The quantitative estimate of drug-likeness (QED) is 0.131. The first-order chi connectivity index (χ1) is 70.0. The van der Waals surface area contributed by atoms with Crippen LogP contribution in [0.2, 0.25) is 0 Å². The molecule has 0 amide bonds. The molecule has 0 aliphatic carbocycles. The van der Waals surface area contributed by atoms with E-state index in [0.29, 0.717) is 0 Å². The Morgan fingerprint density at radius 2 is 0.227 bits per heavy atom. The highest BCUT2D eigenvalue weighted by Gasteiger charge is 2.26. The molecular weight excluding hydrogens is 1710 g/mol.